The third-order valence-corrected chi connectivity index (χ3v) is 9.55. The van der Waals surface area contributed by atoms with Crippen molar-refractivity contribution in [3.8, 4) is 11.4 Å². The number of carbonyl (C=O) groups excluding carboxylic acids is 1. The number of hydrogen-bond donors (Lipinski definition) is 1. The second-order valence-electron chi connectivity index (χ2n) is 8.52. The summed E-state index contributed by atoms with van der Waals surface area (Å²) in [7, 11) is -3.71. The molecule has 1 saturated heterocycles. The molecule has 33 heavy (non-hydrogen) atoms. The third kappa shape index (κ3) is 4.71. The van der Waals surface area contributed by atoms with E-state index < -0.39 is 10.0 Å². The van der Waals surface area contributed by atoms with E-state index in [0.717, 1.165) is 29.7 Å². The van der Waals surface area contributed by atoms with Gasteiger partial charge in [-0.15, -0.1) is 11.3 Å². The lowest BCUT2D eigenvalue weighted by Crippen LogP contribution is -2.45. The van der Waals surface area contributed by atoms with Gasteiger partial charge in [0.1, 0.15) is 4.21 Å². The summed E-state index contributed by atoms with van der Waals surface area (Å²) in [5.41, 5.74) is 1.54. The summed E-state index contributed by atoms with van der Waals surface area (Å²) in [6.07, 6.45) is 7.95. The van der Waals surface area contributed by atoms with Gasteiger partial charge in [-0.25, -0.2) is 8.42 Å². The molecule has 4 heterocycles. The Kier molecular flexibility index (Phi) is 6.26. The standard InChI is InChI=1S/C22H25N5O4S2/c28-21(24-12-15-4-2-8-23-11-15)17-7-3-9-27(13-17)33(29,30)19-10-18(14-32-19)20-25-22(31-26-20)16-5-1-6-16/h2,4,8,10-11,14,16-17H,1,3,5-7,9,12-13H2,(H,24,28). The van der Waals surface area contributed by atoms with Gasteiger partial charge in [-0.05, 0) is 43.4 Å². The molecular formula is C22H25N5O4S2. The average Bonchev–Trinajstić information content (AvgIpc) is 3.47. The van der Waals surface area contributed by atoms with Crippen molar-refractivity contribution in [1.82, 2.24) is 24.7 Å². The summed E-state index contributed by atoms with van der Waals surface area (Å²) in [6.45, 7) is 0.941. The maximum absolute atomic E-state index is 13.3. The summed E-state index contributed by atoms with van der Waals surface area (Å²) in [6, 6.07) is 5.30. The van der Waals surface area contributed by atoms with Crippen molar-refractivity contribution in [3.63, 3.8) is 0 Å². The van der Waals surface area contributed by atoms with Gasteiger partial charge in [-0.1, -0.05) is 17.6 Å². The summed E-state index contributed by atoms with van der Waals surface area (Å²) in [5, 5.41) is 8.68. The van der Waals surface area contributed by atoms with Gasteiger partial charge in [0.15, 0.2) is 0 Å². The molecule has 0 aromatic carbocycles. The summed E-state index contributed by atoms with van der Waals surface area (Å²) >= 11 is 1.14. The third-order valence-electron chi connectivity index (χ3n) is 6.27. The Labute approximate surface area is 196 Å². The van der Waals surface area contributed by atoms with Crippen LogP contribution in [0.5, 0.6) is 0 Å². The lowest BCUT2D eigenvalue weighted by molar-refractivity contribution is -0.126. The number of aromatic nitrogens is 3. The number of thiophene rings is 1. The van der Waals surface area contributed by atoms with Crippen LogP contribution in [0.4, 0.5) is 0 Å². The smallest absolute Gasteiger partial charge is 0.252 e. The SMILES string of the molecule is O=C(NCc1cccnc1)C1CCCN(S(=O)(=O)c2cc(-c3noc(C4CCC4)n3)cs2)C1. The Bertz CT molecular complexity index is 1220. The number of sulfonamides is 1. The van der Waals surface area contributed by atoms with Crippen LogP contribution in [-0.4, -0.2) is 46.8 Å². The maximum atomic E-state index is 13.3. The zero-order chi connectivity index (χ0) is 22.8. The van der Waals surface area contributed by atoms with Gasteiger partial charge in [0.2, 0.25) is 17.6 Å². The first-order valence-electron chi connectivity index (χ1n) is 11.1. The number of hydrogen-bond acceptors (Lipinski definition) is 8. The predicted molar refractivity (Wildman–Crippen MR) is 122 cm³/mol. The van der Waals surface area contributed by atoms with E-state index in [2.05, 4.69) is 20.4 Å². The highest BCUT2D eigenvalue weighted by Gasteiger charge is 2.34. The Morgan fingerprint density at radius 2 is 2.15 bits per heavy atom. The molecule has 0 bridgehead atoms. The number of nitrogens with zero attached hydrogens (tertiary/aromatic N) is 4. The molecule has 1 aliphatic carbocycles. The fourth-order valence-electron chi connectivity index (χ4n) is 4.08. The molecule has 1 aliphatic heterocycles. The first kappa shape index (κ1) is 22.2. The van der Waals surface area contributed by atoms with Gasteiger partial charge in [-0.2, -0.15) is 9.29 Å². The molecule has 2 aliphatic rings. The second kappa shape index (κ2) is 9.32. The Balaban J connectivity index is 1.24. The Morgan fingerprint density at radius 1 is 1.27 bits per heavy atom. The lowest BCUT2D eigenvalue weighted by Gasteiger charge is -2.30. The summed E-state index contributed by atoms with van der Waals surface area (Å²) < 4.78 is 33.6. The quantitative estimate of drug-likeness (QED) is 0.544. The van der Waals surface area contributed by atoms with E-state index in [4.69, 9.17) is 4.52 Å². The van der Waals surface area contributed by atoms with Crippen molar-refractivity contribution in [3.05, 3.63) is 47.4 Å². The van der Waals surface area contributed by atoms with Gasteiger partial charge >= 0.3 is 0 Å². The lowest BCUT2D eigenvalue weighted by atomic mass is 9.85. The summed E-state index contributed by atoms with van der Waals surface area (Å²) in [4.78, 5) is 21.2. The molecule has 0 spiro atoms. The molecule has 3 aromatic heterocycles. The van der Waals surface area contributed by atoms with Crippen LogP contribution in [0.3, 0.4) is 0 Å². The van der Waals surface area contributed by atoms with E-state index in [0.29, 0.717) is 49.1 Å². The molecule has 1 amide bonds. The van der Waals surface area contributed by atoms with Crippen LogP contribution in [0.1, 0.15) is 49.5 Å². The van der Waals surface area contributed by atoms with Crippen LogP contribution < -0.4 is 5.32 Å². The molecule has 11 heteroatoms. The van der Waals surface area contributed by atoms with E-state index in [-0.39, 0.29) is 22.6 Å². The zero-order valence-electron chi connectivity index (χ0n) is 18.0. The monoisotopic (exact) mass is 487 g/mol. The maximum Gasteiger partial charge on any atom is 0.252 e. The molecule has 0 radical (unpaired) electrons. The second-order valence-corrected chi connectivity index (χ2v) is 11.6. The molecule has 1 saturated carbocycles. The fourth-order valence-corrected chi connectivity index (χ4v) is 6.92. The zero-order valence-corrected chi connectivity index (χ0v) is 19.6. The van der Waals surface area contributed by atoms with Crippen molar-refractivity contribution in [2.75, 3.05) is 13.1 Å². The van der Waals surface area contributed by atoms with E-state index >= 15 is 0 Å². The van der Waals surface area contributed by atoms with Crippen LogP contribution in [0.2, 0.25) is 0 Å². The van der Waals surface area contributed by atoms with Crippen LogP contribution in [0.15, 0.2) is 44.7 Å². The molecule has 1 unspecified atom stereocenters. The van der Waals surface area contributed by atoms with E-state index in [9.17, 15) is 13.2 Å². The van der Waals surface area contributed by atoms with Crippen molar-refractivity contribution in [2.24, 2.45) is 5.92 Å². The largest absolute Gasteiger partial charge is 0.352 e. The molecule has 1 N–H and O–H groups in total. The number of carbonyl (C=O) groups is 1. The van der Waals surface area contributed by atoms with Crippen molar-refractivity contribution >= 4 is 27.3 Å². The highest BCUT2D eigenvalue weighted by molar-refractivity contribution is 7.91. The normalized spacial score (nSPS) is 19.8. The van der Waals surface area contributed by atoms with Gasteiger partial charge < -0.3 is 9.84 Å². The van der Waals surface area contributed by atoms with Crippen LogP contribution in [0.25, 0.3) is 11.4 Å². The van der Waals surface area contributed by atoms with Crippen molar-refractivity contribution in [2.45, 2.75) is 48.8 Å². The van der Waals surface area contributed by atoms with Crippen LogP contribution in [-0.2, 0) is 21.4 Å². The number of piperidine rings is 1. The van der Waals surface area contributed by atoms with E-state index in [1.54, 1.807) is 23.8 Å². The van der Waals surface area contributed by atoms with Gasteiger partial charge in [0, 0.05) is 48.9 Å². The molecular weight excluding hydrogens is 462 g/mol. The molecule has 2 fully saturated rings. The molecule has 3 aromatic rings. The van der Waals surface area contributed by atoms with Gasteiger partial charge in [-0.3, -0.25) is 9.78 Å². The van der Waals surface area contributed by atoms with Gasteiger partial charge in [0.25, 0.3) is 10.0 Å². The predicted octanol–water partition coefficient (Wildman–Crippen LogP) is 3.18. The highest BCUT2D eigenvalue weighted by atomic mass is 32.2. The average molecular weight is 488 g/mol. The van der Waals surface area contributed by atoms with Crippen molar-refractivity contribution < 1.29 is 17.7 Å². The molecule has 9 nitrogen and oxygen atoms in total. The minimum atomic E-state index is -3.71. The number of nitrogens with one attached hydrogen (secondary N) is 1. The minimum absolute atomic E-state index is 0.138. The topological polar surface area (TPSA) is 118 Å². The first-order chi connectivity index (χ1) is 16.0. The minimum Gasteiger partial charge on any atom is -0.352 e. The van der Waals surface area contributed by atoms with Crippen molar-refractivity contribution in [1.29, 1.82) is 0 Å². The molecule has 5 rings (SSSR count). The van der Waals surface area contributed by atoms with E-state index in [1.807, 2.05) is 12.1 Å². The van der Waals surface area contributed by atoms with Gasteiger partial charge in [0.05, 0.1) is 5.92 Å². The fraction of sp³-hybridized carbons (Fsp3) is 0.455. The Hall–Kier alpha value is -2.63. The summed E-state index contributed by atoms with van der Waals surface area (Å²) in [5.74, 6) is 0.847. The number of pyridine rings is 1. The van der Waals surface area contributed by atoms with Crippen LogP contribution >= 0.6 is 11.3 Å². The Morgan fingerprint density at radius 3 is 2.91 bits per heavy atom. The van der Waals surface area contributed by atoms with E-state index in [1.165, 1.54) is 10.7 Å². The van der Waals surface area contributed by atoms with Crippen LogP contribution in [0, 0.1) is 5.92 Å². The first-order valence-corrected chi connectivity index (χ1v) is 13.4. The molecule has 174 valence electrons. The number of amides is 1. The highest BCUT2D eigenvalue weighted by Crippen LogP contribution is 2.37. The molecule has 1 atom stereocenters. The number of rotatable bonds is 7.